The van der Waals surface area contributed by atoms with Crippen LogP contribution in [0.25, 0.3) is 11.1 Å². The fourth-order valence-electron chi connectivity index (χ4n) is 7.85. The van der Waals surface area contributed by atoms with E-state index in [1.165, 1.54) is 28.8 Å². The number of hydrogen-bond acceptors (Lipinski definition) is 9. The van der Waals surface area contributed by atoms with E-state index in [9.17, 15) is 23.3 Å². The zero-order valence-corrected chi connectivity index (χ0v) is 35.9. The lowest BCUT2D eigenvalue weighted by molar-refractivity contribution is -0.384. The van der Waals surface area contributed by atoms with Gasteiger partial charge >= 0.3 is 0 Å². The number of carbonyl (C=O) groups excluding carboxylic acids is 1. The highest BCUT2D eigenvalue weighted by molar-refractivity contribution is 7.99. The predicted octanol–water partition coefficient (Wildman–Crippen LogP) is 9.53. The number of hydrogen-bond donors (Lipinski definition) is 2. The average molecular weight is 843 g/mol. The molecular formula is C45H52ClN5O5S2. The maximum Gasteiger partial charge on any atom is 0.296 e. The third-order valence-corrected chi connectivity index (χ3v) is 13.9. The fraction of sp³-hybridized carbons (Fsp3) is 0.356. The summed E-state index contributed by atoms with van der Waals surface area (Å²) in [5, 5.41) is 13.2. The van der Waals surface area contributed by atoms with Gasteiger partial charge in [-0.25, -0.2) is 13.1 Å². The van der Waals surface area contributed by atoms with E-state index in [1.54, 1.807) is 23.9 Å². The van der Waals surface area contributed by atoms with E-state index in [4.69, 9.17) is 17.3 Å². The second kappa shape index (κ2) is 18.6. The Balaban J connectivity index is 1.13. The standard InChI is InChI=1S/C45H52ClN5O5S2/c1-45(2)24-20-39(33-14-16-37(46)17-15-33)36(28-45)29-50-26-22-32(23-27-50)31-10-12-34(13-11-31)44(52)48-58(55,56)41-19-18-40(43(42(41)47)51(53)54)35(21-25-49(3)4)30-57-38-8-6-5-7-9-38/h5-19,22,35H,20-21,23-30,47H2,1-4H3,(H,48,52)/t35-/m0/s1. The first-order chi connectivity index (χ1) is 27.6. The van der Waals surface area contributed by atoms with Gasteiger partial charge in [0.05, 0.1) is 4.92 Å². The number of allylic oxidation sites excluding steroid dienone is 1. The van der Waals surface area contributed by atoms with Crippen molar-refractivity contribution in [1.29, 1.82) is 0 Å². The van der Waals surface area contributed by atoms with Crippen molar-refractivity contribution in [1.82, 2.24) is 14.5 Å². The molecule has 0 aromatic heterocycles. The quantitative estimate of drug-likeness (QED) is 0.0519. The first kappa shape index (κ1) is 43.1. The highest BCUT2D eigenvalue weighted by atomic mass is 35.5. The van der Waals surface area contributed by atoms with Gasteiger partial charge in [0.15, 0.2) is 0 Å². The number of nitrogens with two attached hydrogens (primary N) is 1. The van der Waals surface area contributed by atoms with Crippen LogP contribution in [0.3, 0.4) is 0 Å². The van der Waals surface area contributed by atoms with Gasteiger partial charge in [-0.2, -0.15) is 0 Å². The number of nitrogens with zero attached hydrogens (tertiary/aromatic N) is 3. The minimum Gasteiger partial charge on any atom is -0.392 e. The molecule has 0 saturated carbocycles. The average Bonchev–Trinajstić information content (AvgIpc) is 3.18. The Kier molecular flexibility index (Phi) is 13.9. The summed E-state index contributed by atoms with van der Waals surface area (Å²) in [6.45, 7) is 7.93. The lowest BCUT2D eigenvalue weighted by Gasteiger charge is -2.36. The summed E-state index contributed by atoms with van der Waals surface area (Å²) in [7, 11) is -0.720. The van der Waals surface area contributed by atoms with Crippen LogP contribution in [-0.2, 0) is 10.0 Å². The number of amides is 1. The van der Waals surface area contributed by atoms with Gasteiger partial charge < -0.3 is 10.6 Å². The molecule has 13 heteroatoms. The molecule has 6 rings (SSSR count). The molecule has 58 heavy (non-hydrogen) atoms. The summed E-state index contributed by atoms with van der Waals surface area (Å²) >= 11 is 7.76. The minimum atomic E-state index is -4.57. The number of benzene rings is 4. The van der Waals surface area contributed by atoms with E-state index < -0.39 is 37.1 Å². The third-order valence-electron chi connectivity index (χ3n) is 11.1. The van der Waals surface area contributed by atoms with Crippen molar-refractivity contribution in [3.05, 3.63) is 140 Å². The van der Waals surface area contributed by atoms with Crippen LogP contribution >= 0.6 is 23.4 Å². The predicted molar refractivity (Wildman–Crippen MR) is 237 cm³/mol. The normalized spacial score (nSPS) is 16.6. The van der Waals surface area contributed by atoms with E-state index in [2.05, 4.69) is 41.7 Å². The van der Waals surface area contributed by atoms with Crippen LogP contribution in [0.2, 0.25) is 5.02 Å². The summed E-state index contributed by atoms with van der Waals surface area (Å²) in [5.74, 6) is -0.628. The van der Waals surface area contributed by atoms with Gasteiger partial charge in [-0.1, -0.05) is 85.6 Å². The molecule has 10 nitrogen and oxygen atoms in total. The molecule has 0 unspecified atom stereocenters. The molecule has 1 amide bonds. The summed E-state index contributed by atoms with van der Waals surface area (Å²) < 4.78 is 29.3. The SMILES string of the molecule is CN(C)CC[C@@H](CSc1ccccc1)c1ccc(S(=O)(=O)NC(=O)c2ccc(C3=CCN(CC4=C(c5ccc(Cl)cc5)CCC(C)(C)C4)CC3)cc2)c(N)c1[N+](=O)[O-]. The lowest BCUT2D eigenvalue weighted by Crippen LogP contribution is -2.33. The smallest absolute Gasteiger partial charge is 0.296 e. The molecular weight excluding hydrogens is 790 g/mol. The van der Waals surface area contributed by atoms with Crippen LogP contribution in [0.15, 0.2) is 112 Å². The van der Waals surface area contributed by atoms with E-state index in [1.807, 2.05) is 73.6 Å². The largest absolute Gasteiger partial charge is 0.392 e. The van der Waals surface area contributed by atoms with Crippen molar-refractivity contribution in [2.75, 3.05) is 51.8 Å². The van der Waals surface area contributed by atoms with Gasteiger partial charge in [-0.15, -0.1) is 11.8 Å². The topological polar surface area (TPSA) is 139 Å². The van der Waals surface area contributed by atoms with E-state index >= 15 is 0 Å². The molecule has 2 aliphatic rings. The molecule has 306 valence electrons. The number of anilines is 1. The highest BCUT2D eigenvalue weighted by Gasteiger charge is 2.33. The molecule has 3 N–H and O–H groups in total. The van der Waals surface area contributed by atoms with Gasteiger partial charge in [0.1, 0.15) is 10.6 Å². The molecule has 4 aromatic rings. The monoisotopic (exact) mass is 841 g/mol. The molecule has 0 spiro atoms. The van der Waals surface area contributed by atoms with Crippen molar-refractivity contribution in [2.45, 2.75) is 61.7 Å². The summed E-state index contributed by atoms with van der Waals surface area (Å²) in [4.78, 5) is 30.1. The number of nitro groups is 1. The van der Waals surface area contributed by atoms with Crippen molar-refractivity contribution in [2.24, 2.45) is 5.41 Å². The van der Waals surface area contributed by atoms with E-state index in [0.29, 0.717) is 24.3 Å². The highest BCUT2D eigenvalue weighted by Crippen LogP contribution is 2.43. The van der Waals surface area contributed by atoms with Gasteiger partial charge in [0.2, 0.25) is 0 Å². The fourth-order valence-corrected chi connectivity index (χ4v) is 10.2. The van der Waals surface area contributed by atoms with Gasteiger partial charge in [0.25, 0.3) is 21.6 Å². The van der Waals surface area contributed by atoms with Crippen molar-refractivity contribution in [3.63, 3.8) is 0 Å². The summed E-state index contributed by atoms with van der Waals surface area (Å²) in [5.41, 5.74) is 12.4. The molecule has 0 radical (unpaired) electrons. The number of nitrogens with one attached hydrogen (secondary N) is 1. The number of thioether (sulfide) groups is 1. The van der Waals surface area contributed by atoms with Gasteiger partial charge in [0, 0.05) is 52.4 Å². The van der Waals surface area contributed by atoms with Crippen LogP contribution in [0.5, 0.6) is 0 Å². The molecule has 0 bridgehead atoms. The third kappa shape index (κ3) is 10.8. The van der Waals surface area contributed by atoms with Crippen LogP contribution in [0.4, 0.5) is 11.4 Å². The Morgan fingerprint density at radius 2 is 1.69 bits per heavy atom. The number of nitrogen functional groups attached to an aromatic ring is 1. The van der Waals surface area contributed by atoms with Crippen LogP contribution < -0.4 is 10.5 Å². The Morgan fingerprint density at radius 1 is 1.00 bits per heavy atom. The van der Waals surface area contributed by atoms with Crippen LogP contribution in [0, 0.1) is 15.5 Å². The van der Waals surface area contributed by atoms with E-state index in [-0.39, 0.29) is 16.9 Å². The first-order valence-electron chi connectivity index (χ1n) is 19.6. The van der Waals surface area contributed by atoms with Crippen molar-refractivity contribution in [3.8, 4) is 0 Å². The zero-order chi connectivity index (χ0) is 41.6. The molecule has 0 fully saturated rings. The number of halogens is 1. The zero-order valence-electron chi connectivity index (χ0n) is 33.5. The summed E-state index contributed by atoms with van der Waals surface area (Å²) in [6.07, 6.45) is 6.90. The second-order valence-corrected chi connectivity index (χ2v) is 19.4. The molecule has 1 aliphatic heterocycles. The minimum absolute atomic E-state index is 0.137. The molecule has 4 aromatic carbocycles. The Labute approximate surface area is 351 Å². The maximum atomic E-state index is 13.6. The second-order valence-electron chi connectivity index (χ2n) is 16.2. The van der Waals surface area contributed by atoms with Crippen molar-refractivity contribution < 1.29 is 18.1 Å². The maximum absolute atomic E-state index is 13.6. The lowest BCUT2D eigenvalue weighted by atomic mass is 9.72. The Morgan fingerprint density at radius 3 is 2.33 bits per heavy atom. The number of rotatable bonds is 15. The van der Waals surface area contributed by atoms with Gasteiger partial charge in [-0.05, 0) is 123 Å². The Bertz CT molecular complexity index is 2290. The number of sulfonamides is 1. The van der Waals surface area contributed by atoms with Crippen LogP contribution in [-0.4, -0.2) is 75.1 Å². The Hall–Kier alpha value is -4.46. The molecule has 0 saturated heterocycles. The van der Waals surface area contributed by atoms with Gasteiger partial charge in [-0.3, -0.25) is 19.8 Å². The number of nitro benzene ring substituents is 1. The molecule has 1 aliphatic carbocycles. The number of carbonyl (C=O) groups is 1. The molecule has 1 heterocycles. The summed E-state index contributed by atoms with van der Waals surface area (Å²) in [6, 6.07) is 27.4. The first-order valence-corrected chi connectivity index (χ1v) is 22.4. The van der Waals surface area contributed by atoms with Crippen LogP contribution in [0.1, 0.15) is 78.9 Å². The van der Waals surface area contributed by atoms with Crippen molar-refractivity contribution >= 4 is 61.8 Å². The van der Waals surface area contributed by atoms with E-state index in [0.717, 1.165) is 66.4 Å². The molecule has 1 atom stereocenters.